The normalized spacial score (nSPS) is 9.61. The van der Waals surface area contributed by atoms with Gasteiger partial charge in [-0.05, 0) is 6.92 Å². The first-order valence-corrected chi connectivity index (χ1v) is 6.93. The van der Waals surface area contributed by atoms with Crippen LogP contribution in [0, 0.1) is 57.5 Å². The van der Waals surface area contributed by atoms with Crippen LogP contribution < -0.4 is 0 Å². The number of nitro groups is 5. The van der Waals surface area contributed by atoms with E-state index in [-0.39, 0.29) is 5.56 Å². The van der Waals surface area contributed by atoms with Crippen LogP contribution >= 0.6 is 0 Å². The summed E-state index contributed by atoms with van der Waals surface area (Å²) in [5, 5.41) is 51.9. The van der Waals surface area contributed by atoms with Crippen molar-refractivity contribution in [3.63, 3.8) is 0 Å². The quantitative estimate of drug-likeness (QED) is 0.531. The molecule has 0 saturated heterocycles. The highest BCUT2D eigenvalue weighted by molar-refractivity contribution is 5.59. The molecule has 0 radical (unpaired) electrons. The zero-order valence-electron chi connectivity index (χ0n) is 13.8. The van der Waals surface area contributed by atoms with Gasteiger partial charge in [0.1, 0.15) is 5.56 Å². The highest BCUT2D eigenvalue weighted by Crippen LogP contribution is 2.32. The highest BCUT2D eigenvalue weighted by atomic mass is 16.6. The van der Waals surface area contributed by atoms with Gasteiger partial charge in [0.25, 0.3) is 17.1 Å². The second-order valence-corrected chi connectivity index (χ2v) is 4.88. The largest absolute Gasteiger partial charge is 0.346 e. The Hall–Kier alpha value is -4.56. The summed E-state index contributed by atoms with van der Waals surface area (Å²) in [5.74, 6) is 0. The van der Waals surface area contributed by atoms with Gasteiger partial charge in [0, 0.05) is 12.1 Å². The maximum atomic E-state index is 10.5. The molecule has 15 heteroatoms. The number of benzene rings is 2. The molecule has 0 aliphatic carbocycles. The van der Waals surface area contributed by atoms with Crippen LogP contribution in [0.1, 0.15) is 5.56 Å². The fraction of sp³-hybridized carbons (Fsp3) is 0.0769. The van der Waals surface area contributed by atoms with E-state index in [1.165, 1.54) is 19.1 Å². The van der Waals surface area contributed by atoms with Crippen LogP contribution in [0.3, 0.4) is 0 Å². The van der Waals surface area contributed by atoms with E-state index < -0.39 is 53.1 Å². The van der Waals surface area contributed by atoms with Crippen molar-refractivity contribution in [2.75, 3.05) is 0 Å². The summed E-state index contributed by atoms with van der Waals surface area (Å²) in [6.07, 6.45) is 0. The maximum absolute atomic E-state index is 10.5. The molecule has 0 aromatic heterocycles. The van der Waals surface area contributed by atoms with Gasteiger partial charge in [-0.2, -0.15) is 0 Å². The van der Waals surface area contributed by atoms with Crippen molar-refractivity contribution in [3.8, 4) is 0 Å². The predicted molar refractivity (Wildman–Crippen MR) is 90.9 cm³/mol. The third kappa shape index (κ3) is 4.97. The molecule has 0 N–H and O–H groups in total. The molecule has 0 amide bonds. The first kappa shape index (κ1) is 21.5. The fourth-order valence-electron chi connectivity index (χ4n) is 1.93. The van der Waals surface area contributed by atoms with Crippen LogP contribution in [-0.2, 0) is 0 Å². The molecule has 0 bridgehead atoms. The number of hydrogen-bond donors (Lipinski definition) is 0. The van der Waals surface area contributed by atoms with E-state index in [1.54, 1.807) is 0 Å². The van der Waals surface area contributed by atoms with Crippen LogP contribution in [0.25, 0.3) is 0 Å². The van der Waals surface area contributed by atoms with Gasteiger partial charge in [0.2, 0.25) is 0 Å². The molecule has 0 spiro atoms. The molecule has 2 rings (SSSR count). The number of non-ortho nitro benzene ring substituents is 1. The average molecular weight is 395 g/mol. The molecule has 0 heterocycles. The summed E-state index contributed by atoms with van der Waals surface area (Å²) in [6.45, 7) is 1.17. The number of rotatable bonds is 5. The lowest BCUT2D eigenvalue weighted by atomic mass is 10.1. The molecule has 0 fully saturated rings. The molecule has 0 unspecified atom stereocenters. The van der Waals surface area contributed by atoms with Crippen molar-refractivity contribution in [3.05, 3.63) is 92.5 Å². The van der Waals surface area contributed by atoms with Crippen LogP contribution in [0.15, 0.2) is 36.4 Å². The Morgan fingerprint density at radius 3 is 1.14 bits per heavy atom. The zero-order chi connectivity index (χ0) is 21.6. The summed E-state index contributed by atoms with van der Waals surface area (Å²) >= 11 is 0. The minimum atomic E-state index is -0.917. The Morgan fingerprint density at radius 2 is 0.893 bits per heavy atom. The van der Waals surface area contributed by atoms with Gasteiger partial charge < -0.3 is 0 Å². The molecule has 28 heavy (non-hydrogen) atoms. The maximum Gasteiger partial charge on any atom is 0.346 e. The van der Waals surface area contributed by atoms with E-state index in [2.05, 4.69) is 0 Å². The van der Waals surface area contributed by atoms with Crippen molar-refractivity contribution in [1.82, 2.24) is 0 Å². The highest BCUT2D eigenvalue weighted by Gasteiger charge is 2.27. The SMILES string of the molecule is Cc1c([N+](=O)[O-])cc([N+](=O)[O-])cc1[N+](=O)[O-].O=[N+]([O-])c1ccccc1[N+](=O)[O-]. The van der Waals surface area contributed by atoms with Gasteiger partial charge in [-0.3, -0.25) is 50.6 Å². The van der Waals surface area contributed by atoms with Crippen LogP contribution in [0.2, 0.25) is 0 Å². The van der Waals surface area contributed by atoms with Crippen molar-refractivity contribution in [1.29, 1.82) is 0 Å². The van der Waals surface area contributed by atoms with E-state index >= 15 is 0 Å². The van der Waals surface area contributed by atoms with Crippen molar-refractivity contribution < 1.29 is 24.6 Å². The molecule has 0 aliphatic rings. The van der Waals surface area contributed by atoms with E-state index in [0.717, 1.165) is 12.1 Å². The molecular weight excluding hydrogens is 386 g/mol. The standard InChI is InChI=1S/C7H5N3O6.C6H4N2O4/c1-4-6(9(13)14)2-5(8(11)12)3-7(4)10(15)16;9-7(10)5-3-1-2-4-6(5)8(11)12/h2-3H,1H3;1-4H. The lowest BCUT2D eigenvalue weighted by Crippen LogP contribution is -2.00. The first-order chi connectivity index (χ1) is 13.0. The smallest absolute Gasteiger partial charge is 0.258 e. The van der Waals surface area contributed by atoms with E-state index in [4.69, 9.17) is 0 Å². The molecular formula is C13H9N5O10. The number of nitrogens with zero attached hydrogens (tertiary/aromatic N) is 5. The van der Waals surface area contributed by atoms with Crippen LogP contribution in [-0.4, -0.2) is 24.6 Å². The zero-order valence-corrected chi connectivity index (χ0v) is 13.8. The predicted octanol–water partition coefficient (Wildman–Crippen LogP) is 3.22. The molecule has 0 atom stereocenters. The minimum Gasteiger partial charge on any atom is -0.258 e. The Labute approximate surface area is 153 Å². The molecule has 0 aliphatic heterocycles. The number of hydrogen-bond acceptors (Lipinski definition) is 10. The molecule has 15 nitrogen and oxygen atoms in total. The summed E-state index contributed by atoms with van der Waals surface area (Å²) < 4.78 is 0. The molecule has 146 valence electrons. The Morgan fingerprint density at radius 1 is 0.571 bits per heavy atom. The fourth-order valence-corrected chi connectivity index (χ4v) is 1.93. The van der Waals surface area contributed by atoms with Gasteiger partial charge in [-0.25, -0.2) is 0 Å². The second kappa shape index (κ2) is 8.70. The first-order valence-electron chi connectivity index (χ1n) is 6.93. The van der Waals surface area contributed by atoms with Crippen molar-refractivity contribution in [2.45, 2.75) is 6.92 Å². The van der Waals surface area contributed by atoms with Gasteiger partial charge in [-0.1, -0.05) is 12.1 Å². The van der Waals surface area contributed by atoms with E-state index in [1.807, 2.05) is 0 Å². The van der Waals surface area contributed by atoms with Crippen LogP contribution in [0.5, 0.6) is 0 Å². The summed E-state index contributed by atoms with van der Waals surface area (Å²) in [4.78, 5) is 47.7. The number of para-hydroxylation sites is 2. The van der Waals surface area contributed by atoms with Gasteiger partial charge in [0.15, 0.2) is 0 Å². The van der Waals surface area contributed by atoms with E-state index in [9.17, 15) is 50.6 Å². The van der Waals surface area contributed by atoms with Gasteiger partial charge in [-0.15, -0.1) is 0 Å². The molecule has 2 aromatic carbocycles. The minimum absolute atomic E-state index is 0.208. The lowest BCUT2D eigenvalue weighted by molar-refractivity contribution is -0.422. The summed E-state index contributed by atoms with van der Waals surface area (Å²) in [5.41, 5.74) is -3.13. The van der Waals surface area contributed by atoms with Crippen LogP contribution in [0.4, 0.5) is 28.4 Å². The average Bonchev–Trinajstić information content (AvgIpc) is 2.61. The Bertz CT molecular complexity index is 921. The van der Waals surface area contributed by atoms with Crippen molar-refractivity contribution >= 4 is 28.4 Å². The third-order valence-electron chi connectivity index (χ3n) is 3.22. The second-order valence-electron chi connectivity index (χ2n) is 4.88. The Kier molecular flexibility index (Phi) is 6.67. The molecule has 0 saturated carbocycles. The number of nitro benzene ring substituents is 5. The monoisotopic (exact) mass is 395 g/mol. The van der Waals surface area contributed by atoms with E-state index in [0.29, 0.717) is 12.1 Å². The van der Waals surface area contributed by atoms with Crippen molar-refractivity contribution in [2.24, 2.45) is 0 Å². The third-order valence-corrected chi connectivity index (χ3v) is 3.22. The summed E-state index contributed by atoms with van der Waals surface area (Å²) in [6, 6.07) is 6.34. The summed E-state index contributed by atoms with van der Waals surface area (Å²) in [7, 11) is 0. The lowest BCUT2D eigenvalue weighted by Gasteiger charge is -1.99. The van der Waals surface area contributed by atoms with Gasteiger partial charge in [0.05, 0.1) is 36.7 Å². The molecule has 2 aromatic rings. The topological polar surface area (TPSA) is 216 Å². The van der Waals surface area contributed by atoms with Gasteiger partial charge >= 0.3 is 11.4 Å². The Balaban J connectivity index is 0.000000292.